The summed E-state index contributed by atoms with van der Waals surface area (Å²) in [5.41, 5.74) is 3.77. The van der Waals surface area contributed by atoms with Crippen LogP contribution in [-0.4, -0.2) is 9.55 Å². The van der Waals surface area contributed by atoms with E-state index in [-0.39, 0.29) is 0 Å². The standard InChI is InChI=1S/C14H18N2.C2H6/c1-11-7-8-13-14(9-11)16(10-15-13)12-5-3-2-4-6-12;1-2/h7-10,12H,2-6H2,1H3;1-2H3. The molecular weight excluding hydrogens is 220 g/mol. The highest BCUT2D eigenvalue weighted by Gasteiger charge is 2.16. The number of imidazole rings is 1. The van der Waals surface area contributed by atoms with Crippen LogP contribution in [0.4, 0.5) is 0 Å². The Morgan fingerprint density at radius 3 is 2.56 bits per heavy atom. The molecule has 1 saturated carbocycles. The maximum atomic E-state index is 4.50. The Morgan fingerprint density at radius 2 is 1.83 bits per heavy atom. The van der Waals surface area contributed by atoms with Crippen molar-refractivity contribution in [1.29, 1.82) is 0 Å². The average Bonchev–Trinajstić information content (AvgIpc) is 2.85. The number of aryl methyl sites for hydroxylation is 1. The van der Waals surface area contributed by atoms with E-state index < -0.39 is 0 Å². The smallest absolute Gasteiger partial charge is 0.0960 e. The minimum atomic E-state index is 0.681. The predicted octanol–water partition coefficient (Wildman–Crippen LogP) is 4.88. The molecule has 2 heteroatoms. The van der Waals surface area contributed by atoms with Gasteiger partial charge in [0, 0.05) is 6.04 Å². The van der Waals surface area contributed by atoms with Crippen molar-refractivity contribution < 1.29 is 0 Å². The van der Waals surface area contributed by atoms with E-state index in [4.69, 9.17) is 0 Å². The SMILES string of the molecule is CC.Cc1ccc2ncn(C3CCCCC3)c2c1. The van der Waals surface area contributed by atoms with Crippen molar-refractivity contribution in [3.8, 4) is 0 Å². The van der Waals surface area contributed by atoms with Crippen molar-refractivity contribution in [3.63, 3.8) is 0 Å². The number of aromatic nitrogens is 2. The Bertz CT molecular complexity index is 493. The Labute approximate surface area is 110 Å². The molecule has 0 unspecified atom stereocenters. The zero-order valence-electron chi connectivity index (χ0n) is 11.8. The van der Waals surface area contributed by atoms with Crippen LogP contribution < -0.4 is 0 Å². The second-order valence-corrected chi connectivity index (χ2v) is 4.94. The summed E-state index contributed by atoms with van der Waals surface area (Å²) in [6, 6.07) is 7.21. The van der Waals surface area contributed by atoms with Gasteiger partial charge in [-0.05, 0) is 37.5 Å². The van der Waals surface area contributed by atoms with Gasteiger partial charge in [-0.3, -0.25) is 0 Å². The molecule has 1 fully saturated rings. The minimum Gasteiger partial charge on any atom is -0.327 e. The third-order valence-corrected chi connectivity index (χ3v) is 3.70. The van der Waals surface area contributed by atoms with Gasteiger partial charge < -0.3 is 4.57 Å². The van der Waals surface area contributed by atoms with Crippen LogP contribution in [0.3, 0.4) is 0 Å². The van der Waals surface area contributed by atoms with Gasteiger partial charge in [-0.25, -0.2) is 4.98 Å². The Hall–Kier alpha value is -1.31. The summed E-state index contributed by atoms with van der Waals surface area (Å²) in [6.45, 7) is 6.15. The van der Waals surface area contributed by atoms with Crippen molar-refractivity contribution in [2.45, 2.75) is 58.9 Å². The van der Waals surface area contributed by atoms with Crippen LogP contribution in [-0.2, 0) is 0 Å². The maximum Gasteiger partial charge on any atom is 0.0960 e. The van der Waals surface area contributed by atoms with E-state index in [0.717, 1.165) is 5.52 Å². The maximum absolute atomic E-state index is 4.50. The van der Waals surface area contributed by atoms with Crippen molar-refractivity contribution >= 4 is 11.0 Å². The number of nitrogens with zero attached hydrogens (tertiary/aromatic N) is 2. The van der Waals surface area contributed by atoms with E-state index in [1.54, 1.807) is 0 Å². The highest BCUT2D eigenvalue weighted by atomic mass is 15.1. The quantitative estimate of drug-likeness (QED) is 0.699. The fourth-order valence-corrected chi connectivity index (χ4v) is 2.79. The van der Waals surface area contributed by atoms with Gasteiger partial charge in [0.2, 0.25) is 0 Å². The van der Waals surface area contributed by atoms with Crippen LogP contribution in [0.1, 0.15) is 57.6 Å². The van der Waals surface area contributed by atoms with Crippen LogP contribution in [0.15, 0.2) is 24.5 Å². The molecule has 0 radical (unpaired) electrons. The van der Waals surface area contributed by atoms with Crippen molar-refractivity contribution in [1.82, 2.24) is 9.55 Å². The molecule has 0 atom stereocenters. The second-order valence-electron chi connectivity index (χ2n) is 4.94. The molecule has 0 N–H and O–H groups in total. The molecule has 2 aromatic rings. The van der Waals surface area contributed by atoms with Gasteiger partial charge in [0.25, 0.3) is 0 Å². The zero-order valence-corrected chi connectivity index (χ0v) is 11.8. The Balaban J connectivity index is 0.000000574. The van der Waals surface area contributed by atoms with Crippen LogP contribution in [0.5, 0.6) is 0 Å². The average molecular weight is 244 g/mol. The fraction of sp³-hybridized carbons (Fsp3) is 0.562. The number of benzene rings is 1. The molecule has 1 aliphatic rings. The molecule has 2 nitrogen and oxygen atoms in total. The molecule has 0 amide bonds. The first kappa shape index (κ1) is 13.1. The van der Waals surface area contributed by atoms with E-state index in [9.17, 15) is 0 Å². The lowest BCUT2D eigenvalue weighted by atomic mass is 9.95. The van der Waals surface area contributed by atoms with E-state index in [2.05, 4.69) is 34.7 Å². The van der Waals surface area contributed by atoms with Gasteiger partial charge in [0.15, 0.2) is 0 Å². The summed E-state index contributed by atoms with van der Waals surface area (Å²) >= 11 is 0. The van der Waals surface area contributed by atoms with Crippen LogP contribution >= 0.6 is 0 Å². The van der Waals surface area contributed by atoms with Crippen molar-refractivity contribution in [2.75, 3.05) is 0 Å². The monoisotopic (exact) mass is 244 g/mol. The molecule has 1 aromatic carbocycles. The first-order valence-electron chi connectivity index (χ1n) is 7.28. The molecule has 1 aliphatic carbocycles. The second kappa shape index (κ2) is 6.03. The topological polar surface area (TPSA) is 17.8 Å². The molecule has 3 rings (SSSR count). The molecule has 0 spiro atoms. The molecule has 98 valence electrons. The molecule has 1 aromatic heterocycles. The molecule has 1 heterocycles. The van der Waals surface area contributed by atoms with Crippen LogP contribution in [0.2, 0.25) is 0 Å². The Kier molecular flexibility index (Phi) is 4.40. The normalized spacial score (nSPS) is 16.4. The third-order valence-electron chi connectivity index (χ3n) is 3.70. The lowest BCUT2D eigenvalue weighted by Gasteiger charge is -2.23. The molecule has 0 bridgehead atoms. The summed E-state index contributed by atoms with van der Waals surface area (Å²) in [5.74, 6) is 0. The lowest BCUT2D eigenvalue weighted by molar-refractivity contribution is 0.359. The van der Waals surface area contributed by atoms with Crippen molar-refractivity contribution in [2.24, 2.45) is 0 Å². The van der Waals surface area contributed by atoms with Gasteiger partial charge in [-0.15, -0.1) is 0 Å². The van der Waals surface area contributed by atoms with Crippen LogP contribution in [0.25, 0.3) is 11.0 Å². The first-order chi connectivity index (χ1) is 8.84. The summed E-state index contributed by atoms with van der Waals surface area (Å²) in [7, 11) is 0. The highest BCUT2D eigenvalue weighted by molar-refractivity contribution is 5.76. The number of fused-ring (bicyclic) bond motifs is 1. The van der Waals surface area contributed by atoms with Gasteiger partial charge >= 0.3 is 0 Å². The Morgan fingerprint density at radius 1 is 1.11 bits per heavy atom. The lowest BCUT2D eigenvalue weighted by Crippen LogP contribution is -2.11. The van der Waals surface area contributed by atoms with Crippen LogP contribution in [0, 0.1) is 6.92 Å². The fourth-order valence-electron chi connectivity index (χ4n) is 2.79. The molecule has 0 saturated heterocycles. The number of hydrogen-bond acceptors (Lipinski definition) is 1. The van der Waals surface area contributed by atoms with E-state index in [1.165, 1.54) is 43.2 Å². The zero-order chi connectivity index (χ0) is 13.0. The first-order valence-corrected chi connectivity index (χ1v) is 7.28. The van der Waals surface area contributed by atoms with Gasteiger partial charge in [0.05, 0.1) is 17.4 Å². The third kappa shape index (κ3) is 2.58. The number of hydrogen-bond donors (Lipinski definition) is 0. The van der Waals surface area contributed by atoms with Gasteiger partial charge in [-0.1, -0.05) is 39.2 Å². The van der Waals surface area contributed by atoms with E-state index in [0.29, 0.717) is 6.04 Å². The number of rotatable bonds is 1. The summed E-state index contributed by atoms with van der Waals surface area (Å²) < 4.78 is 2.39. The molecular formula is C16H24N2. The molecule has 18 heavy (non-hydrogen) atoms. The largest absolute Gasteiger partial charge is 0.327 e. The van der Waals surface area contributed by atoms with Gasteiger partial charge in [0.1, 0.15) is 0 Å². The summed E-state index contributed by atoms with van der Waals surface area (Å²) in [5, 5.41) is 0. The minimum absolute atomic E-state index is 0.681. The molecule has 0 aliphatic heterocycles. The van der Waals surface area contributed by atoms with Gasteiger partial charge in [-0.2, -0.15) is 0 Å². The summed E-state index contributed by atoms with van der Waals surface area (Å²) in [4.78, 5) is 4.50. The highest BCUT2D eigenvalue weighted by Crippen LogP contribution is 2.30. The van der Waals surface area contributed by atoms with E-state index in [1.807, 2.05) is 20.2 Å². The van der Waals surface area contributed by atoms with Crippen molar-refractivity contribution in [3.05, 3.63) is 30.1 Å². The predicted molar refractivity (Wildman–Crippen MR) is 77.9 cm³/mol. The van der Waals surface area contributed by atoms with E-state index >= 15 is 0 Å². The summed E-state index contributed by atoms with van der Waals surface area (Å²) in [6.07, 6.45) is 8.81.